The maximum absolute atomic E-state index is 4.30. The molecule has 0 spiro atoms. The molecule has 1 N–H and O–H groups in total. The van der Waals surface area contributed by atoms with Gasteiger partial charge in [0.1, 0.15) is 0 Å². The van der Waals surface area contributed by atoms with Crippen molar-refractivity contribution in [2.45, 2.75) is 24.8 Å². The highest BCUT2D eigenvalue weighted by atomic mass is 32.2. The first-order valence-electron chi connectivity index (χ1n) is 3.95. The standard InChI is InChI=1S/C8H12N2S2/c1-8(2)4-12-7(10-8)6-3-11-5-9-6/h3,5,7,10H,4H2,1-2H3. The van der Waals surface area contributed by atoms with Gasteiger partial charge in [-0.2, -0.15) is 0 Å². The molecule has 4 heteroatoms. The molecule has 0 aromatic carbocycles. The van der Waals surface area contributed by atoms with E-state index in [-0.39, 0.29) is 5.54 Å². The molecule has 66 valence electrons. The molecule has 1 unspecified atom stereocenters. The molecule has 0 bridgehead atoms. The Hall–Kier alpha value is -0.0600. The SMILES string of the molecule is CC1(C)CSC(c2cscn2)N1. The molecule has 1 aromatic rings. The van der Waals surface area contributed by atoms with Crippen LogP contribution in [-0.4, -0.2) is 16.3 Å². The van der Waals surface area contributed by atoms with Gasteiger partial charge in [0, 0.05) is 16.7 Å². The lowest BCUT2D eigenvalue weighted by Gasteiger charge is -2.17. The molecule has 1 atom stereocenters. The molecule has 2 heterocycles. The van der Waals surface area contributed by atoms with Crippen LogP contribution in [0.15, 0.2) is 10.9 Å². The lowest BCUT2D eigenvalue weighted by Crippen LogP contribution is -2.35. The predicted molar refractivity (Wildman–Crippen MR) is 54.5 cm³/mol. The number of hydrogen-bond donors (Lipinski definition) is 1. The van der Waals surface area contributed by atoms with E-state index in [1.54, 1.807) is 11.3 Å². The molecule has 1 aliphatic rings. The van der Waals surface area contributed by atoms with Gasteiger partial charge in [-0.25, -0.2) is 4.98 Å². The fourth-order valence-corrected chi connectivity index (χ4v) is 3.28. The van der Waals surface area contributed by atoms with Crippen molar-refractivity contribution in [1.29, 1.82) is 0 Å². The van der Waals surface area contributed by atoms with E-state index in [9.17, 15) is 0 Å². The van der Waals surface area contributed by atoms with Crippen LogP contribution in [0.25, 0.3) is 0 Å². The topological polar surface area (TPSA) is 24.9 Å². The quantitative estimate of drug-likeness (QED) is 0.752. The number of thioether (sulfide) groups is 1. The number of thiazole rings is 1. The number of hydrogen-bond acceptors (Lipinski definition) is 4. The smallest absolute Gasteiger partial charge is 0.0975 e. The van der Waals surface area contributed by atoms with Crippen molar-refractivity contribution >= 4 is 23.1 Å². The van der Waals surface area contributed by atoms with Gasteiger partial charge in [-0.3, -0.25) is 5.32 Å². The van der Waals surface area contributed by atoms with E-state index in [1.165, 1.54) is 5.69 Å². The van der Waals surface area contributed by atoms with E-state index in [0.717, 1.165) is 5.75 Å². The van der Waals surface area contributed by atoms with E-state index >= 15 is 0 Å². The second-order valence-corrected chi connectivity index (χ2v) is 5.44. The Bertz CT molecular complexity index is 256. The van der Waals surface area contributed by atoms with E-state index < -0.39 is 0 Å². The maximum Gasteiger partial charge on any atom is 0.0975 e. The minimum Gasteiger partial charge on any atom is -0.294 e. The lowest BCUT2D eigenvalue weighted by molar-refractivity contribution is 0.449. The molecule has 0 amide bonds. The predicted octanol–water partition coefficient (Wildman–Crippen LogP) is 2.26. The molecule has 1 saturated heterocycles. The first kappa shape index (κ1) is 8.53. The third-order valence-corrected chi connectivity index (χ3v) is 4.04. The van der Waals surface area contributed by atoms with Crippen molar-refractivity contribution in [3.8, 4) is 0 Å². The van der Waals surface area contributed by atoms with Gasteiger partial charge >= 0.3 is 0 Å². The van der Waals surface area contributed by atoms with Gasteiger partial charge in [0.05, 0.1) is 16.6 Å². The Balaban J connectivity index is 2.10. The highest BCUT2D eigenvalue weighted by Gasteiger charge is 2.32. The summed E-state index contributed by atoms with van der Waals surface area (Å²) in [5.41, 5.74) is 3.33. The molecular formula is C8H12N2S2. The van der Waals surface area contributed by atoms with Crippen LogP contribution in [0.2, 0.25) is 0 Å². The van der Waals surface area contributed by atoms with Crippen molar-refractivity contribution < 1.29 is 0 Å². The summed E-state index contributed by atoms with van der Waals surface area (Å²) >= 11 is 3.60. The minimum atomic E-state index is 0.263. The zero-order valence-corrected chi connectivity index (χ0v) is 8.84. The average Bonchev–Trinajstić information content (AvgIpc) is 2.55. The second-order valence-electron chi connectivity index (χ2n) is 3.63. The average molecular weight is 200 g/mol. The zero-order chi connectivity index (χ0) is 8.60. The van der Waals surface area contributed by atoms with Gasteiger partial charge in [0.15, 0.2) is 0 Å². The van der Waals surface area contributed by atoms with Gasteiger partial charge in [-0.05, 0) is 13.8 Å². The van der Waals surface area contributed by atoms with Crippen molar-refractivity contribution in [3.63, 3.8) is 0 Å². The van der Waals surface area contributed by atoms with Crippen LogP contribution in [0.3, 0.4) is 0 Å². The van der Waals surface area contributed by atoms with E-state index in [0.29, 0.717) is 5.37 Å². The Morgan fingerprint density at radius 2 is 2.50 bits per heavy atom. The van der Waals surface area contributed by atoms with Crippen molar-refractivity contribution in [1.82, 2.24) is 10.3 Å². The monoisotopic (exact) mass is 200 g/mol. The minimum absolute atomic E-state index is 0.263. The van der Waals surface area contributed by atoms with Gasteiger partial charge in [-0.1, -0.05) is 0 Å². The van der Waals surface area contributed by atoms with E-state index in [2.05, 4.69) is 29.5 Å². The van der Waals surface area contributed by atoms with Crippen LogP contribution in [0.1, 0.15) is 24.9 Å². The largest absolute Gasteiger partial charge is 0.294 e. The van der Waals surface area contributed by atoms with Crippen LogP contribution in [0, 0.1) is 0 Å². The molecular weight excluding hydrogens is 188 g/mol. The molecule has 12 heavy (non-hydrogen) atoms. The Labute approximate surface area is 80.8 Å². The molecule has 1 aromatic heterocycles. The summed E-state index contributed by atoms with van der Waals surface area (Å²) in [5, 5.41) is 6.07. The summed E-state index contributed by atoms with van der Waals surface area (Å²) in [6, 6.07) is 0. The van der Waals surface area contributed by atoms with Crippen molar-refractivity contribution in [2.75, 3.05) is 5.75 Å². The maximum atomic E-state index is 4.30. The number of nitrogens with zero attached hydrogens (tertiary/aromatic N) is 1. The number of rotatable bonds is 1. The number of nitrogens with one attached hydrogen (secondary N) is 1. The lowest BCUT2D eigenvalue weighted by atomic mass is 10.1. The highest BCUT2D eigenvalue weighted by molar-refractivity contribution is 7.99. The summed E-state index contributed by atoms with van der Waals surface area (Å²) in [7, 11) is 0. The second kappa shape index (κ2) is 3.01. The van der Waals surface area contributed by atoms with E-state index in [1.807, 2.05) is 17.3 Å². The molecule has 0 saturated carbocycles. The van der Waals surface area contributed by atoms with Crippen molar-refractivity contribution in [2.24, 2.45) is 0 Å². The van der Waals surface area contributed by atoms with Crippen LogP contribution < -0.4 is 5.32 Å². The normalized spacial score (nSPS) is 27.7. The van der Waals surface area contributed by atoms with Crippen LogP contribution >= 0.6 is 23.1 Å². The molecule has 2 nitrogen and oxygen atoms in total. The molecule has 1 fully saturated rings. The Morgan fingerprint density at radius 3 is 3.00 bits per heavy atom. The van der Waals surface area contributed by atoms with Gasteiger partial charge in [0.2, 0.25) is 0 Å². The molecule has 0 aliphatic carbocycles. The summed E-state index contributed by atoms with van der Waals surface area (Å²) in [5.74, 6) is 1.16. The first-order chi connectivity index (χ1) is 5.67. The summed E-state index contributed by atoms with van der Waals surface area (Å²) < 4.78 is 0. The zero-order valence-electron chi connectivity index (χ0n) is 7.20. The molecule has 0 radical (unpaired) electrons. The van der Waals surface area contributed by atoms with Gasteiger partial charge < -0.3 is 0 Å². The van der Waals surface area contributed by atoms with Crippen LogP contribution in [0.4, 0.5) is 0 Å². The summed E-state index contributed by atoms with van der Waals surface area (Å²) in [4.78, 5) is 4.30. The Morgan fingerprint density at radius 1 is 1.67 bits per heavy atom. The third-order valence-electron chi connectivity index (χ3n) is 1.85. The van der Waals surface area contributed by atoms with Crippen molar-refractivity contribution in [3.05, 3.63) is 16.6 Å². The fourth-order valence-electron chi connectivity index (χ4n) is 1.24. The first-order valence-corrected chi connectivity index (χ1v) is 5.94. The summed E-state index contributed by atoms with van der Waals surface area (Å²) in [6.07, 6.45) is 0. The Kier molecular flexibility index (Phi) is 2.14. The number of aromatic nitrogens is 1. The van der Waals surface area contributed by atoms with Crippen LogP contribution in [-0.2, 0) is 0 Å². The summed E-state index contributed by atoms with van der Waals surface area (Å²) in [6.45, 7) is 4.46. The molecule has 2 rings (SSSR count). The highest BCUT2D eigenvalue weighted by Crippen LogP contribution is 2.36. The van der Waals surface area contributed by atoms with Crippen LogP contribution in [0.5, 0.6) is 0 Å². The molecule has 1 aliphatic heterocycles. The third kappa shape index (κ3) is 1.65. The van der Waals surface area contributed by atoms with Gasteiger partial charge in [0.25, 0.3) is 0 Å². The fraction of sp³-hybridized carbons (Fsp3) is 0.625. The van der Waals surface area contributed by atoms with Gasteiger partial charge in [-0.15, -0.1) is 23.1 Å². The van der Waals surface area contributed by atoms with E-state index in [4.69, 9.17) is 0 Å².